The molecule has 0 aliphatic carbocycles. The third-order valence-electron chi connectivity index (χ3n) is 3.41. The Kier molecular flexibility index (Phi) is 8.33. The van der Waals surface area contributed by atoms with Crippen molar-refractivity contribution in [1.29, 1.82) is 0 Å². The summed E-state index contributed by atoms with van der Waals surface area (Å²) in [4.78, 5) is 4.29. The number of aliphatic imine (C=N–C) groups is 1. The lowest BCUT2D eigenvalue weighted by Crippen LogP contribution is -2.22. The van der Waals surface area contributed by atoms with Crippen molar-refractivity contribution in [1.82, 2.24) is 4.72 Å². The van der Waals surface area contributed by atoms with Crippen LogP contribution in [0.2, 0.25) is 0 Å². The number of aryl methyl sites for hydroxylation is 1. The quantitative estimate of drug-likeness (QED) is 0.341. The standard InChI is InChI=1S/C17H22N4O2S.HI/c1-13-4-3-5-16(10-13)21-17(18)20-11-14-6-8-15(9-7-14)12-24(22,23)19-2;/h3-10,19H,11-12H2,1-2H3,(H3,18,20,21);1H. The highest BCUT2D eigenvalue weighted by Crippen LogP contribution is 2.10. The molecule has 2 rings (SSSR count). The zero-order valence-corrected chi connectivity index (χ0v) is 17.3. The number of hydrogen-bond donors (Lipinski definition) is 3. The first-order valence-electron chi connectivity index (χ1n) is 7.50. The van der Waals surface area contributed by atoms with Gasteiger partial charge in [0, 0.05) is 5.69 Å². The first-order valence-corrected chi connectivity index (χ1v) is 9.16. The number of hydrogen-bond acceptors (Lipinski definition) is 3. The van der Waals surface area contributed by atoms with Gasteiger partial charge >= 0.3 is 0 Å². The first-order chi connectivity index (χ1) is 11.4. The van der Waals surface area contributed by atoms with E-state index in [1.807, 2.05) is 43.3 Å². The molecule has 2 aromatic rings. The zero-order chi connectivity index (χ0) is 17.6. The fourth-order valence-electron chi connectivity index (χ4n) is 2.12. The van der Waals surface area contributed by atoms with Gasteiger partial charge in [0.1, 0.15) is 0 Å². The van der Waals surface area contributed by atoms with Gasteiger partial charge in [-0.1, -0.05) is 36.4 Å². The number of guanidine groups is 1. The van der Waals surface area contributed by atoms with Crippen molar-refractivity contribution in [3.05, 3.63) is 65.2 Å². The number of nitrogens with zero attached hydrogens (tertiary/aromatic N) is 1. The summed E-state index contributed by atoms with van der Waals surface area (Å²) >= 11 is 0. The van der Waals surface area contributed by atoms with Crippen LogP contribution in [0.4, 0.5) is 5.69 Å². The summed E-state index contributed by atoms with van der Waals surface area (Å²) in [6, 6.07) is 15.1. The minimum atomic E-state index is -3.26. The van der Waals surface area contributed by atoms with Crippen molar-refractivity contribution in [2.45, 2.75) is 19.2 Å². The molecule has 6 nitrogen and oxygen atoms in total. The third-order valence-corrected chi connectivity index (χ3v) is 4.75. The molecule has 136 valence electrons. The Morgan fingerprint density at radius 3 is 2.36 bits per heavy atom. The second-order valence-electron chi connectivity index (χ2n) is 5.48. The number of benzene rings is 2. The van der Waals surface area contributed by atoms with E-state index < -0.39 is 10.0 Å². The summed E-state index contributed by atoms with van der Waals surface area (Å²) < 4.78 is 25.3. The molecule has 4 N–H and O–H groups in total. The Labute approximate surface area is 166 Å². The van der Waals surface area contributed by atoms with Crippen LogP contribution in [0.5, 0.6) is 0 Å². The summed E-state index contributed by atoms with van der Waals surface area (Å²) in [5.41, 5.74) is 9.60. The van der Waals surface area contributed by atoms with E-state index in [0.29, 0.717) is 12.5 Å². The van der Waals surface area contributed by atoms with E-state index in [-0.39, 0.29) is 29.7 Å². The van der Waals surface area contributed by atoms with Gasteiger partial charge in [0.05, 0.1) is 12.3 Å². The van der Waals surface area contributed by atoms with E-state index in [2.05, 4.69) is 15.0 Å². The predicted molar refractivity (Wildman–Crippen MR) is 114 cm³/mol. The lowest BCUT2D eigenvalue weighted by Gasteiger charge is -2.07. The smallest absolute Gasteiger partial charge is 0.215 e. The van der Waals surface area contributed by atoms with Crippen LogP contribution in [-0.2, 0) is 22.3 Å². The lowest BCUT2D eigenvalue weighted by molar-refractivity contribution is 0.587. The van der Waals surface area contributed by atoms with Crippen LogP contribution in [0.1, 0.15) is 16.7 Å². The van der Waals surface area contributed by atoms with Gasteiger partial charge < -0.3 is 11.1 Å². The maximum absolute atomic E-state index is 11.5. The topological polar surface area (TPSA) is 96.6 Å². The van der Waals surface area contributed by atoms with Gasteiger partial charge in [-0.25, -0.2) is 18.1 Å². The molecule has 0 spiro atoms. The van der Waals surface area contributed by atoms with Gasteiger partial charge in [0.2, 0.25) is 10.0 Å². The average molecular weight is 474 g/mol. The number of sulfonamides is 1. The van der Waals surface area contributed by atoms with Crippen LogP contribution < -0.4 is 15.8 Å². The minimum Gasteiger partial charge on any atom is -0.370 e. The van der Waals surface area contributed by atoms with Crippen LogP contribution in [0.15, 0.2) is 53.5 Å². The molecule has 0 heterocycles. The summed E-state index contributed by atoms with van der Waals surface area (Å²) in [7, 11) is -1.85. The SMILES string of the molecule is CNS(=O)(=O)Cc1ccc(CN=C(N)Nc2cccc(C)c2)cc1.I. The number of nitrogens with one attached hydrogen (secondary N) is 2. The Bertz CT molecular complexity index is 821. The van der Waals surface area contributed by atoms with Gasteiger partial charge in [-0.15, -0.1) is 24.0 Å². The van der Waals surface area contributed by atoms with E-state index in [9.17, 15) is 8.42 Å². The monoisotopic (exact) mass is 474 g/mol. The molecule has 0 saturated heterocycles. The molecule has 0 aromatic heterocycles. The normalized spacial score (nSPS) is 11.7. The van der Waals surface area contributed by atoms with Gasteiger partial charge in [-0.05, 0) is 42.8 Å². The molecular weight excluding hydrogens is 451 g/mol. The molecule has 0 fully saturated rings. The molecule has 0 amide bonds. The van der Waals surface area contributed by atoms with E-state index in [4.69, 9.17) is 5.73 Å². The largest absolute Gasteiger partial charge is 0.370 e. The Morgan fingerprint density at radius 2 is 1.76 bits per heavy atom. The fraction of sp³-hybridized carbons (Fsp3) is 0.235. The fourth-order valence-corrected chi connectivity index (χ4v) is 2.89. The molecular formula is C17H23IN4O2S. The van der Waals surface area contributed by atoms with Crippen LogP contribution in [0.3, 0.4) is 0 Å². The minimum absolute atomic E-state index is 0. The highest BCUT2D eigenvalue weighted by Gasteiger charge is 2.08. The highest BCUT2D eigenvalue weighted by atomic mass is 127. The second kappa shape index (κ2) is 9.73. The number of halogens is 1. The second-order valence-corrected chi connectivity index (χ2v) is 7.40. The Hall–Kier alpha value is -1.65. The van der Waals surface area contributed by atoms with Crippen molar-refractivity contribution >= 4 is 45.6 Å². The van der Waals surface area contributed by atoms with Gasteiger partial charge in [0.15, 0.2) is 5.96 Å². The number of anilines is 1. The summed E-state index contributed by atoms with van der Waals surface area (Å²) in [6.45, 7) is 2.43. The molecule has 25 heavy (non-hydrogen) atoms. The highest BCUT2D eigenvalue weighted by molar-refractivity contribution is 14.0. The molecule has 8 heteroatoms. The zero-order valence-electron chi connectivity index (χ0n) is 14.2. The van der Waals surface area contributed by atoms with E-state index >= 15 is 0 Å². The molecule has 0 unspecified atom stereocenters. The molecule has 0 atom stereocenters. The Balaban J connectivity index is 0.00000312. The maximum Gasteiger partial charge on any atom is 0.215 e. The van der Waals surface area contributed by atoms with E-state index in [1.165, 1.54) is 7.05 Å². The lowest BCUT2D eigenvalue weighted by atomic mass is 10.1. The van der Waals surface area contributed by atoms with Crippen molar-refractivity contribution in [2.75, 3.05) is 12.4 Å². The molecule has 0 saturated carbocycles. The summed E-state index contributed by atoms with van der Waals surface area (Å²) in [6.07, 6.45) is 0. The molecule has 0 bridgehead atoms. The predicted octanol–water partition coefficient (Wildman–Crippen LogP) is 2.59. The number of nitrogens with two attached hydrogens (primary N) is 1. The third kappa shape index (κ3) is 7.41. The van der Waals surface area contributed by atoms with Crippen molar-refractivity contribution in [3.8, 4) is 0 Å². The van der Waals surface area contributed by atoms with E-state index in [1.54, 1.807) is 12.1 Å². The van der Waals surface area contributed by atoms with Crippen LogP contribution >= 0.6 is 24.0 Å². The van der Waals surface area contributed by atoms with Gasteiger partial charge in [-0.3, -0.25) is 0 Å². The summed E-state index contributed by atoms with van der Waals surface area (Å²) in [5.74, 6) is 0.298. The van der Waals surface area contributed by atoms with Crippen LogP contribution in [0.25, 0.3) is 0 Å². The molecule has 0 aliphatic heterocycles. The summed E-state index contributed by atoms with van der Waals surface area (Å²) in [5, 5.41) is 3.04. The molecule has 0 aliphatic rings. The van der Waals surface area contributed by atoms with Gasteiger partial charge in [0.25, 0.3) is 0 Å². The molecule has 0 radical (unpaired) electrons. The van der Waals surface area contributed by atoms with Crippen LogP contribution in [0, 0.1) is 6.92 Å². The molecule has 2 aromatic carbocycles. The maximum atomic E-state index is 11.5. The van der Waals surface area contributed by atoms with E-state index in [0.717, 1.165) is 22.4 Å². The van der Waals surface area contributed by atoms with Gasteiger partial charge in [-0.2, -0.15) is 0 Å². The van der Waals surface area contributed by atoms with Crippen LogP contribution in [-0.4, -0.2) is 21.4 Å². The first kappa shape index (κ1) is 21.4. The number of rotatable bonds is 6. The van der Waals surface area contributed by atoms with Crippen molar-refractivity contribution in [3.63, 3.8) is 0 Å². The van der Waals surface area contributed by atoms with Crippen molar-refractivity contribution in [2.24, 2.45) is 10.7 Å². The Morgan fingerprint density at radius 1 is 1.12 bits per heavy atom. The van der Waals surface area contributed by atoms with Crippen molar-refractivity contribution < 1.29 is 8.42 Å². The average Bonchev–Trinajstić information content (AvgIpc) is 2.54.